The highest BCUT2D eigenvalue weighted by atomic mass is 35.5. The van der Waals surface area contributed by atoms with E-state index in [-0.39, 0.29) is 0 Å². The van der Waals surface area contributed by atoms with Crippen LogP contribution in [0.5, 0.6) is 0 Å². The number of hydrogen-bond acceptors (Lipinski definition) is 2. The van der Waals surface area contributed by atoms with Gasteiger partial charge in [0.25, 0.3) is 0 Å². The molecule has 3 heteroatoms. The van der Waals surface area contributed by atoms with Crippen molar-refractivity contribution in [3.05, 3.63) is 70.5 Å². The van der Waals surface area contributed by atoms with E-state index >= 15 is 0 Å². The molecule has 3 atom stereocenters. The number of hydrogen-bond donors (Lipinski definition) is 1. The summed E-state index contributed by atoms with van der Waals surface area (Å²) in [6.07, 6.45) is 9.45. The van der Waals surface area contributed by atoms with Crippen molar-refractivity contribution in [3.63, 3.8) is 0 Å². The maximum atomic E-state index is 6.49. The van der Waals surface area contributed by atoms with E-state index in [9.17, 15) is 0 Å². The van der Waals surface area contributed by atoms with E-state index in [1.165, 1.54) is 22.4 Å². The molecule has 0 saturated heterocycles. The molecular weight excluding hydrogens is 280 g/mol. The average molecular weight is 297 g/mol. The first kappa shape index (κ1) is 12.9. The first-order chi connectivity index (χ1) is 10.3. The Labute approximate surface area is 129 Å². The summed E-state index contributed by atoms with van der Waals surface area (Å²) in [6.45, 7) is 2.14. The van der Waals surface area contributed by atoms with Crippen molar-refractivity contribution in [3.8, 4) is 0 Å². The third-order valence-electron chi connectivity index (χ3n) is 4.74. The lowest BCUT2D eigenvalue weighted by Crippen LogP contribution is -2.29. The molecule has 2 heterocycles. The molecule has 0 unspecified atom stereocenters. The fourth-order valence-corrected chi connectivity index (χ4v) is 3.99. The van der Waals surface area contributed by atoms with E-state index in [1.807, 2.05) is 18.5 Å². The Morgan fingerprint density at radius 1 is 1.19 bits per heavy atom. The van der Waals surface area contributed by atoms with E-state index in [1.54, 1.807) is 0 Å². The van der Waals surface area contributed by atoms with E-state index in [4.69, 9.17) is 11.6 Å². The molecular formula is C18H17ClN2. The summed E-state index contributed by atoms with van der Waals surface area (Å²) < 4.78 is 0. The molecule has 1 N–H and O–H groups in total. The number of allylic oxidation sites excluding steroid dienone is 2. The van der Waals surface area contributed by atoms with E-state index in [0.29, 0.717) is 17.9 Å². The predicted octanol–water partition coefficient (Wildman–Crippen LogP) is 4.87. The summed E-state index contributed by atoms with van der Waals surface area (Å²) in [5, 5.41) is 4.61. The Morgan fingerprint density at radius 2 is 2.00 bits per heavy atom. The Morgan fingerprint density at radius 3 is 2.81 bits per heavy atom. The fourth-order valence-electron chi connectivity index (χ4n) is 3.71. The highest BCUT2D eigenvalue weighted by Crippen LogP contribution is 2.52. The number of nitrogens with one attached hydrogen (secondary N) is 1. The molecule has 0 bridgehead atoms. The Bertz CT molecular complexity index is 709. The molecule has 0 spiro atoms. The quantitative estimate of drug-likeness (QED) is 0.759. The standard InChI is InChI=1S/C18H17ClN2/c1-11-5-6-15(19)16-13-3-2-4-14(13)18(21-17(11)16)12-7-9-20-10-8-12/h2-3,5-10,13-14,18,21H,4H2,1H3/t13-,14+,18-/m0/s1. The van der Waals surface area contributed by atoms with Gasteiger partial charge in [-0.3, -0.25) is 4.98 Å². The smallest absolute Gasteiger partial charge is 0.0555 e. The van der Waals surface area contributed by atoms with Crippen LogP contribution in [0.15, 0.2) is 48.8 Å². The molecule has 21 heavy (non-hydrogen) atoms. The molecule has 0 saturated carbocycles. The maximum Gasteiger partial charge on any atom is 0.0555 e. The Kier molecular flexibility index (Phi) is 3.00. The van der Waals surface area contributed by atoms with Crippen LogP contribution in [0, 0.1) is 12.8 Å². The molecule has 2 aliphatic rings. The van der Waals surface area contributed by atoms with Crippen LogP contribution >= 0.6 is 11.6 Å². The number of benzene rings is 1. The number of aromatic nitrogens is 1. The molecule has 1 aliphatic carbocycles. The van der Waals surface area contributed by atoms with Crippen LogP contribution in [0.4, 0.5) is 5.69 Å². The number of nitrogens with zero attached hydrogens (tertiary/aromatic N) is 1. The van der Waals surface area contributed by atoms with Crippen molar-refractivity contribution in [1.29, 1.82) is 0 Å². The van der Waals surface area contributed by atoms with E-state index < -0.39 is 0 Å². The van der Waals surface area contributed by atoms with Crippen LogP contribution in [0.25, 0.3) is 0 Å². The predicted molar refractivity (Wildman–Crippen MR) is 86.8 cm³/mol. The molecule has 1 aliphatic heterocycles. The number of rotatable bonds is 1. The van der Waals surface area contributed by atoms with Gasteiger partial charge < -0.3 is 5.32 Å². The van der Waals surface area contributed by atoms with Crippen LogP contribution in [0.3, 0.4) is 0 Å². The molecule has 0 amide bonds. The Hall–Kier alpha value is -1.80. The van der Waals surface area contributed by atoms with Gasteiger partial charge in [0.05, 0.1) is 6.04 Å². The zero-order valence-electron chi connectivity index (χ0n) is 11.9. The van der Waals surface area contributed by atoms with Gasteiger partial charge in [0.1, 0.15) is 0 Å². The van der Waals surface area contributed by atoms with Crippen molar-refractivity contribution in [2.45, 2.75) is 25.3 Å². The van der Waals surface area contributed by atoms with Crippen molar-refractivity contribution < 1.29 is 0 Å². The van der Waals surface area contributed by atoms with Gasteiger partial charge in [-0.1, -0.05) is 29.8 Å². The van der Waals surface area contributed by atoms with Gasteiger partial charge in [-0.25, -0.2) is 0 Å². The van der Waals surface area contributed by atoms with Crippen molar-refractivity contribution >= 4 is 17.3 Å². The van der Waals surface area contributed by atoms with E-state index in [0.717, 1.165) is 11.4 Å². The molecule has 4 rings (SSSR count). The van der Waals surface area contributed by atoms with Gasteiger partial charge in [-0.05, 0) is 48.6 Å². The highest BCUT2D eigenvalue weighted by Gasteiger charge is 2.39. The second kappa shape index (κ2) is 4.88. The van der Waals surface area contributed by atoms with Crippen LogP contribution in [-0.4, -0.2) is 4.98 Å². The summed E-state index contributed by atoms with van der Waals surface area (Å²) in [4.78, 5) is 4.14. The summed E-state index contributed by atoms with van der Waals surface area (Å²) in [7, 11) is 0. The topological polar surface area (TPSA) is 24.9 Å². The van der Waals surface area contributed by atoms with Gasteiger partial charge in [-0.2, -0.15) is 0 Å². The molecule has 106 valence electrons. The number of aryl methyl sites for hydroxylation is 1. The number of pyridine rings is 1. The third kappa shape index (κ3) is 1.97. The average Bonchev–Trinajstić information content (AvgIpc) is 3.00. The van der Waals surface area contributed by atoms with Gasteiger partial charge >= 0.3 is 0 Å². The lowest BCUT2D eigenvalue weighted by atomic mass is 9.76. The molecule has 2 nitrogen and oxygen atoms in total. The minimum absolute atomic E-state index is 0.317. The van der Waals surface area contributed by atoms with Crippen molar-refractivity contribution in [2.75, 3.05) is 5.32 Å². The monoisotopic (exact) mass is 296 g/mol. The van der Waals surface area contributed by atoms with Crippen molar-refractivity contribution in [2.24, 2.45) is 5.92 Å². The van der Waals surface area contributed by atoms with Crippen LogP contribution in [-0.2, 0) is 0 Å². The van der Waals surface area contributed by atoms with Gasteiger partial charge in [0.15, 0.2) is 0 Å². The first-order valence-corrected chi connectivity index (χ1v) is 7.75. The van der Waals surface area contributed by atoms with Crippen LogP contribution in [0.1, 0.15) is 35.1 Å². The zero-order chi connectivity index (χ0) is 14.4. The van der Waals surface area contributed by atoms with Gasteiger partial charge in [0.2, 0.25) is 0 Å². The normalized spacial score (nSPS) is 26.1. The summed E-state index contributed by atoms with van der Waals surface area (Å²) in [6, 6.07) is 8.65. The fraction of sp³-hybridized carbons (Fsp3) is 0.278. The molecule has 0 fully saturated rings. The van der Waals surface area contributed by atoms with Crippen LogP contribution in [0.2, 0.25) is 5.02 Å². The molecule has 2 aromatic rings. The van der Waals surface area contributed by atoms with Crippen LogP contribution < -0.4 is 5.32 Å². The molecule has 1 aromatic heterocycles. The summed E-state index contributed by atoms with van der Waals surface area (Å²) in [5.74, 6) is 0.936. The SMILES string of the molecule is Cc1ccc(Cl)c2c1N[C@@H](c1ccncc1)[C@@H]1CC=C[C@H]21. The zero-order valence-corrected chi connectivity index (χ0v) is 12.6. The lowest BCUT2D eigenvalue weighted by Gasteiger charge is -2.38. The first-order valence-electron chi connectivity index (χ1n) is 7.38. The number of halogens is 1. The number of anilines is 1. The van der Waals surface area contributed by atoms with Gasteiger partial charge in [0, 0.05) is 34.6 Å². The molecule has 0 radical (unpaired) electrons. The second-order valence-corrected chi connectivity index (χ2v) is 6.32. The molecule has 1 aromatic carbocycles. The minimum Gasteiger partial charge on any atom is -0.377 e. The minimum atomic E-state index is 0.317. The third-order valence-corrected chi connectivity index (χ3v) is 5.07. The van der Waals surface area contributed by atoms with Gasteiger partial charge in [-0.15, -0.1) is 0 Å². The summed E-state index contributed by atoms with van der Waals surface area (Å²) in [5.41, 5.74) is 5.03. The van der Waals surface area contributed by atoms with Crippen molar-refractivity contribution in [1.82, 2.24) is 4.98 Å². The summed E-state index contributed by atoms with van der Waals surface area (Å²) >= 11 is 6.49. The maximum absolute atomic E-state index is 6.49. The lowest BCUT2D eigenvalue weighted by molar-refractivity contribution is 0.425. The second-order valence-electron chi connectivity index (χ2n) is 5.91. The highest BCUT2D eigenvalue weighted by molar-refractivity contribution is 6.32. The number of fused-ring (bicyclic) bond motifs is 3. The largest absolute Gasteiger partial charge is 0.377 e. The van der Waals surface area contributed by atoms with E-state index in [2.05, 4.69) is 47.6 Å². The Balaban J connectivity index is 1.86.